The van der Waals surface area contributed by atoms with Crippen LogP contribution in [0.1, 0.15) is 31.2 Å². The van der Waals surface area contributed by atoms with Crippen LogP contribution in [0.5, 0.6) is 0 Å². The van der Waals surface area contributed by atoms with Crippen LogP contribution in [0.3, 0.4) is 0 Å². The smallest absolute Gasteiger partial charge is 0.251 e. The molecule has 0 fully saturated rings. The number of amides is 1. The molecule has 1 aromatic carbocycles. The third-order valence-corrected chi connectivity index (χ3v) is 3.26. The lowest BCUT2D eigenvalue weighted by molar-refractivity contribution is -0.116. The van der Waals surface area contributed by atoms with Gasteiger partial charge >= 0.3 is 0 Å². The predicted molar refractivity (Wildman–Crippen MR) is 80.0 cm³/mol. The van der Waals surface area contributed by atoms with Gasteiger partial charge in [0.15, 0.2) is 5.78 Å². The maximum absolute atomic E-state index is 12.2. The Hall–Kier alpha value is -2.16. The number of allylic oxidation sites excluding steroid dienone is 3. The summed E-state index contributed by atoms with van der Waals surface area (Å²) in [5.74, 6) is 0.0310. The van der Waals surface area contributed by atoms with Crippen molar-refractivity contribution >= 4 is 17.3 Å². The Morgan fingerprint density at radius 2 is 1.75 bits per heavy atom. The second kappa shape index (κ2) is 7.43. The van der Waals surface area contributed by atoms with Crippen molar-refractivity contribution in [3.8, 4) is 0 Å². The van der Waals surface area contributed by atoms with E-state index in [1.807, 2.05) is 30.3 Å². The first-order valence-corrected chi connectivity index (χ1v) is 7.02. The van der Waals surface area contributed by atoms with Gasteiger partial charge in [-0.2, -0.15) is 0 Å². The van der Waals surface area contributed by atoms with Gasteiger partial charge in [-0.3, -0.25) is 9.59 Å². The first kappa shape index (κ1) is 14.3. The van der Waals surface area contributed by atoms with E-state index in [-0.39, 0.29) is 11.7 Å². The zero-order chi connectivity index (χ0) is 14.2. The molecular weight excluding hydrogens is 250 g/mol. The molecular formula is C17H19NO2. The molecule has 3 heteroatoms. The van der Waals surface area contributed by atoms with E-state index in [2.05, 4.69) is 5.32 Å². The third-order valence-electron chi connectivity index (χ3n) is 3.26. The molecule has 0 radical (unpaired) electrons. The maximum atomic E-state index is 12.2. The molecule has 0 bridgehead atoms. The number of rotatable bonds is 1. The van der Waals surface area contributed by atoms with Gasteiger partial charge in [0.1, 0.15) is 0 Å². The SMILES string of the molecule is O=C1/C=C/C=C(/c2ccccc2)C(=O)NCCCCC1. The van der Waals surface area contributed by atoms with Crippen LogP contribution in [0.4, 0.5) is 0 Å². The van der Waals surface area contributed by atoms with E-state index in [9.17, 15) is 9.59 Å². The Kier molecular flexibility index (Phi) is 5.30. The Morgan fingerprint density at radius 3 is 2.55 bits per heavy atom. The predicted octanol–water partition coefficient (Wildman–Crippen LogP) is 2.89. The summed E-state index contributed by atoms with van der Waals surface area (Å²) < 4.78 is 0. The molecule has 0 saturated heterocycles. The van der Waals surface area contributed by atoms with Crippen LogP contribution >= 0.6 is 0 Å². The molecule has 1 aliphatic rings. The Bertz CT molecular complexity index is 529. The number of carbonyl (C=O) groups is 2. The summed E-state index contributed by atoms with van der Waals surface area (Å²) >= 11 is 0. The van der Waals surface area contributed by atoms with Crippen LogP contribution in [0.15, 0.2) is 48.6 Å². The quantitative estimate of drug-likeness (QED) is 0.852. The van der Waals surface area contributed by atoms with Gasteiger partial charge in [-0.05, 0) is 30.6 Å². The van der Waals surface area contributed by atoms with Crippen LogP contribution in [0, 0.1) is 0 Å². The zero-order valence-corrected chi connectivity index (χ0v) is 11.5. The normalized spacial score (nSPS) is 21.9. The summed E-state index contributed by atoms with van der Waals surface area (Å²) in [6.45, 7) is 0.654. The van der Waals surface area contributed by atoms with E-state index in [1.165, 1.54) is 0 Å². The molecule has 0 spiro atoms. The summed E-state index contributed by atoms with van der Waals surface area (Å²) in [7, 11) is 0. The molecule has 1 amide bonds. The van der Waals surface area contributed by atoms with Gasteiger partial charge in [0.25, 0.3) is 5.91 Å². The van der Waals surface area contributed by atoms with Crippen molar-refractivity contribution in [2.24, 2.45) is 0 Å². The first-order valence-electron chi connectivity index (χ1n) is 7.02. The second-order valence-electron chi connectivity index (χ2n) is 4.84. The second-order valence-corrected chi connectivity index (χ2v) is 4.84. The molecule has 0 aliphatic carbocycles. The number of hydrogen-bond donors (Lipinski definition) is 1. The van der Waals surface area contributed by atoms with Crippen LogP contribution in [-0.2, 0) is 9.59 Å². The summed E-state index contributed by atoms with van der Waals surface area (Å²) in [4.78, 5) is 23.8. The maximum Gasteiger partial charge on any atom is 0.251 e. The highest BCUT2D eigenvalue weighted by Crippen LogP contribution is 2.15. The van der Waals surface area contributed by atoms with Gasteiger partial charge in [-0.1, -0.05) is 42.8 Å². The van der Waals surface area contributed by atoms with Gasteiger partial charge < -0.3 is 5.32 Å². The third kappa shape index (κ3) is 4.19. The zero-order valence-electron chi connectivity index (χ0n) is 11.5. The molecule has 0 aromatic heterocycles. The van der Waals surface area contributed by atoms with E-state index in [4.69, 9.17) is 0 Å². The minimum atomic E-state index is -0.0890. The van der Waals surface area contributed by atoms with Crippen molar-refractivity contribution in [1.29, 1.82) is 0 Å². The highest BCUT2D eigenvalue weighted by molar-refractivity contribution is 6.19. The van der Waals surface area contributed by atoms with Crippen LogP contribution in [0.25, 0.3) is 5.57 Å². The van der Waals surface area contributed by atoms with Crippen molar-refractivity contribution in [2.75, 3.05) is 6.54 Å². The molecule has 1 N–H and O–H groups in total. The first-order chi connectivity index (χ1) is 9.77. The summed E-state index contributed by atoms with van der Waals surface area (Å²) in [5, 5.41) is 2.93. The largest absolute Gasteiger partial charge is 0.352 e. The topological polar surface area (TPSA) is 46.2 Å². The molecule has 104 valence electrons. The van der Waals surface area contributed by atoms with Crippen molar-refractivity contribution in [1.82, 2.24) is 5.32 Å². The molecule has 1 aliphatic heterocycles. The lowest BCUT2D eigenvalue weighted by atomic mass is 10.0. The van der Waals surface area contributed by atoms with Gasteiger partial charge in [0, 0.05) is 18.5 Å². The molecule has 0 unspecified atom stereocenters. The van der Waals surface area contributed by atoms with E-state index in [0.29, 0.717) is 18.5 Å². The Morgan fingerprint density at radius 1 is 0.950 bits per heavy atom. The monoisotopic (exact) mass is 269 g/mol. The fraction of sp³-hybridized carbons (Fsp3) is 0.294. The van der Waals surface area contributed by atoms with Gasteiger partial charge in [-0.25, -0.2) is 0 Å². The van der Waals surface area contributed by atoms with Gasteiger partial charge in [0.2, 0.25) is 0 Å². The van der Waals surface area contributed by atoms with E-state index < -0.39 is 0 Å². The van der Waals surface area contributed by atoms with Gasteiger partial charge in [0.05, 0.1) is 0 Å². The van der Waals surface area contributed by atoms with Crippen LogP contribution < -0.4 is 5.32 Å². The minimum Gasteiger partial charge on any atom is -0.352 e. The fourth-order valence-corrected chi connectivity index (χ4v) is 2.15. The van der Waals surface area contributed by atoms with E-state index in [0.717, 1.165) is 24.8 Å². The lowest BCUT2D eigenvalue weighted by Gasteiger charge is -2.09. The van der Waals surface area contributed by atoms with Crippen molar-refractivity contribution in [2.45, 2.75) is 25.7 Å². The Labute approximate surface area is 119 Å². The van der Waals surface area contributed by atoms with Crippen molar-refractivity contribution < 1.29 is 9.59 Å². The summed E-state index contributed by atoms with van der Waals surface area (Å²) in [5.41, 5.74) is 1.45. The number of ketones is 1. The summed E-state index contributed by atoms with van der Waals surface area (Å²) in [6.07, 6.45) is 8.27. The lowest BCUT2D eigenvalue weighted by Crippen LogP contribution is -2.25. The number of hydrogen-bond acceptors (Lipinski definition) is 2. The molecule has 2 rings (SSSR count). The van der Waals surface area contributed by atoms with Gasteiger partial charge in [-0.15, -0.1) is 0 Å². The molecule has 3 nitrogen and oxygen atoms in total. The highest BCUT2D eigenvalue weighted by atomic mass is 16.1. The van der Waals surface area contributed by atoms with E-state index >= 15 is 0 Å². The average molecular weight is 269 g/mol. The number of nitrogens with one attached hydrogen (secondary N) is 1. The van der Waals surface area contributed by atoms with Crippen LogP contribution in [-0.4, -0.2) is 18.2 Å². The van der Waals surface area contributed by atoms with Crippen molar-refractivity contribution in [3.05, 3.63) is 54.1 Å². The molecule has 0 atom stereocenters. The van der Waals surface area contributed by atoms with Crippen molar-refractivity contribution in [3.63, 3.8) is 0 Å². The minimum absolute atomic E-state index is 0.0890. The number of benzene rings is 1. The Balaban J connectivity index is 2.27. The fourth-order valence-electron chi connectivity index (χ4n) is 2.15. The standard InChI is InChI=1S/C17H19NO2/c19-15-10-5-2-6-13-18-17(20)16(12-7-11-15)14-8-3-1-4-9-14/h1,3-4,7-9,11-12H,2,5-6,10,13H2,(H,18,20)/b11-7+,16-12-. The molecule has 1 aromatic rings. The molecule has 20 heavy (non-hydrogen) atoms. The number of carbonyl (C=O) groups excluding carboxylic acids is 2. The average Bonchev–Trinajstić information content (AvgIpc) is 2.46. The molecule has 0 saturated carbocycles. The highest BCUT2D eigenvalue weighted by Gasteiger charge is 2.10. The molecule has 1 heterocycles. The van der Waals surface area contributed by atoms with E-state index in [1.54, 1.807) is 18.2 Å². The summed E-state index contributed by atoms with van der Waals surface area (Å²) in [6, 6.07) is 9.50. The van der Waals surface area contributed by atoms with Crippen LogP contribution in [0.2, 0.25) is 0 Å².